The first-order valence-corrected chi connectivity index (χ1v) is 10.8. The first-order valence-electron chi connectivity index (χ1n) is 8.91. The minimum atomic E-state index is 0.246. The highest BCUT2D eigenvalue weighted by Gasteiger charge is 2.34. The minimum Gasteiger partial charge on any atom is -0.260 e. The monoisotopic (exact) mass is 466 g/mol. The number of pyridine rings is 1. The van der Waals surface area contributed by atoms with Gasteiger partial charge in [0.25, 0.3) is 0 Å². The van der Waals surface area contributed by atoms with Gasteiger partial charge >= 0.3 is 0 Å². The highest BCUT2D eigenvalue weighted by atomic mass is 79.9. The molecule has 1 atom stereocenters. The molecular formula is C20H20BrClN2O2S. The minimum absolute atomic E-state index is 0.246. The summed E-state index contributed by atoms with van der Waals surface area (Å²) in [7, 11) is 1.53. The van der Waals surface area contributed by atoms with Crippen molar-refractivity contribution in [2.45, 2.75) is 18.8 Å². The van der Waals surface area contributed by atoms with Crippen molar-refractivity contribution in [2.75, 3.05) is 20.2 Å². The van der Waals surface area contributed by atoms with Crippen molar-refractivity contribution in [1.29, 1.82) is 0 Å². The van der Waals surface area contributed by atoms with Gasteiger partial charge in [0.05, 0.1) is 12.8 Å². The van der Waals surface area contributed by atoms with Gasteiger partial charge in [0, 0.05) is 34.7 Å². The van der Waals surface area contributed by atoms with Gasteiger partial charge in [0.15, 0.2) is 0 Å². The molecule has 1 aromatic carbocycles. The average Bonchev–Trinajstić information content (AvgIpc) is 2.81. The van der Waals surface area contributed by atoms with E-state index in [1.807, 2.05) is 24.4 Å². The number of halogens is 2. The van der Waals surface area contributed by atoms with E-state index in [1.165, 1.54) is 30.5 Å². The molecule has 1 unspecified atom stereocenters. The molecule has 0 N–H and O–H groups in total. The van der Waals surface area contributed by atoms with E-state index >= 15 is 0 Å². The molecule has 1 aromatic heterocycles. The zero-order chi connectivity index (χ0) is 18.8. The van der Waals surface area contributed by atoms with E-state index in [9.17, 15) is 0 Å². The smallest absolute Gasteiger partial charge is 0.121 e. The number of nitrogens with zero attached hydrogens (tertiary/aromatic N) is 2. The maximum atomic E-state index is 6.31. The van der Waals surface area contributed by atoms with Crippen LogP contribution in [0.3, 0.4) is 0 Å². The molecule has 1 fully saturated rings. The van der Waals surface area contributed by atoms with E-state index in [0.29, 0.717) is 5.92 Å². The van der Waals surface area contributed by atoms with Crippen LogP contribution >= 0.6 is 39.8 Å². The third kappa shape index (κ3) is 4.11. The Balaban J connectivity index is 1.70. The van der Waals surface area contributed by atoms with E-state index in [1.54, 1.807) is 0 Å². The summed E-state index contributed by atoms with van der Waals surface area (Å²) in [5.74, 6) is 0.750. The van der Waals surface area contributed by atoms with E-state index in [4.69, 9.17) is 25.8 Å². The number of fused-ring (bicyclic) bond motifs is 2. The quantitative estimate of drug-likeness (QED) is 0.241. The van der Waals surface area contributed by atoms with Crippen molar-refractivity contribution in [3.05, 3.63) is 63.9 Å². The van der Waals surface area contributed by atoms with Crippen molar-refractivity contribution < 1.29 is 9.22 Å². The van der Waals surface area contributed by atoms with Gasteiger partial charge in [-0.1, -0.05) is 39.7 Å². The van der Waals surface area contributed by atoms with Crippen LogP contribution in [0.25, 0.3) is 10.6 Å². The number of piperidine rings is 1. The van der Waals surface area contributed by atoms with Gasteiger partial charge in [-0.2, -0.15) is 0 Å². The molecule has 2 aliphatic rings. The number of benzene rings is 1. The summed E-state index contributed by atoms with van der Waals surface area (Å²) >= 11 is 11.4. The summed E-state index contributed by atoms with van der Waals surface area (Å²) in [5.41, 5.74) is 4.76. The third-order valence-electron chi connectivity index (χ3n) is 5.23. The summed E-state index contributed by atoms with van der Waals surface area (Å²) in [4.78, 5) is 9.51. The predicted molar refractivity (Wildman–Crippen MR) is 114 cm³/mol. The van der Waals surface area contributed by atoms with Crippen LogP contribution in [0.1, 0.15) is 41.1 Å². The second-order valence-corrected chi connectivity index (χ2v) is 8.85. The van der Waals surface area contributed by atoms with Gasteiger partial charge in [-0.3, -0.25) is 4.98 Å². The van der Waals surface area contributed by atoms with Crippen LogP contribution in [0.15, 0.2) is 36.5 Å². The Morgan fingerprint density at radius 1 is 1.26 bits per heavy atom. The van der Waals surface area contributed by atoms with Crippen LogP contribution in [0.2, 0.25) is 5.02 Å². The highest BCUT2D eigenvalue weighted by Crippen LogP contribution is 2.46. The largest absolute Gasteiger partial charge is 0.260 e. The zero-order valence-corrected chi connectivity index (χ0v) is 18.1. The Morgan fingerprint density at radius 3 is 2.85 bits per heavy atom. The summed E-state index contributed by atoms with van der Waals surface area (Å²) in [5, 5.41) is 0.750. The number of hydrogen-bond acceptors (Lipinski definition) is 5. The lowest BCUT2D eigenvalue weighted by atomic mass is 9.76. The van der Waals surface area contributed by atoms with Crippen LogP contribution in [0, 0.1) is 5.92 Å². The van der Waals surface area contributed by atoms with Crippen molar-refractivity contribution in [1.82, 2.24) is 9.29 Å². The fourth-order valence-corrected chi connectivity index (χ4v) is 5.28. The molecule has 2 heterocycles. The first kappa shape index (κ1) is 19.4. The lowest BCUT2D eigenvalue weighted by molar-refractivity contribution is -0.163. The van der Waals surface area contributed by atoms with Crippen LogP contribution in [-0.2, 0) is 9.22 Å². The van der Waals surface area contributed by atoms with Gasteiger partial charge in [0.1, 0.15) is 12.2 Å². The Kier molecular flexibility index (Phi) is 6.21. The molecule has 142 valence electrons. The van der Waals surface area contributed by atoms with Gasteiger partial charge in [-0.05, 0) is 59.7 Å². The fraction of sp³-hybridized carbons (Fsp3) is 0.350. The SMILES string of the molecule is COOSN1CCC(C2c3ccc(Cl)cc3C(Br)=Cc3cccnc32)CC1. The molecule has 0 radical (unpaired) electrons. The van der Waals surface area contributed by atoms with E-state index in [0.717, 1.165) is 46.7 Å². The topological polar surface area (TPSA) is 34.6 Å². The number of hydrogen-bond donors (Lipinski definition) is 0. The standard InChI is InChI=1S/C20H20BrClN2O2S/c1-25-26-27-24-9-6-13(7-10-24)19-16-5-4-15(22)12-17(16)18(21)11-14-3-2-8-23-20(14)19/h2-5,8,11-13,19H,6-7,9-10H2,1H3. The van der Waals surface area contributed by atoms with E-state index in [-0.39, 0.29) is 5.92 Å². The molecule has 7 heteroatoms. The Labute approximate surface area is 177 Å². The normalized spacial score (nSPS) is 20.6. The molecule has 2 aromatic rings. The molecule has 27 heavy (non-hydrogen) atoms. The second kappa shape index (κ2) is 8.64. The molecule has 4 nitrogen and oxygen atoms in total. The molecule has 4 rings (SSSR count). The van der Waals surface area contributed by atoms with Crippen molar-refractivity contribution in [3.63, 3.8) is 0 Å². The maximum absolute atomic E-state index is 6.31. The van der Waals surface area contributed by atoms with E-state index < -0.39 is 0 Å². The van der Waals surface area contributed by atoms with Gasteiger partial charge in [0.2, 0.25) is 0 Å². The Bertz CT molecular complexity index is 856. The van der Waals surface area contributed by atoms with E-state index in [2.05, 4.69) is 38.4 Å². The van der Waals surface area contributed by atoms with Crippen LogP contribution < -0.4 is 0 Å². The van der Waals surface area contributed by atoms with Crippen molar-refractivity contribution in [2.24, 2.45) is 5.92 Å². The molecule has 0 bridgehead atoms. The van der Waals surface area contributed by atoms with Crippen molar-refractivity contribution in [3.8, 4) is 0 Å². The summed E-state index contributed by atoms with van der Waals surface area (Å²) in [6, 6.07) is 10.3. The Morgan fingerprint density at radius 2 is 2.07 bits per heavy atom. The van der Waals surface area contributed by atoms with Crippen molar-refractivity contribution >= 4 is 50.3 Å². The first-order chi connectivity index (χ1) is 13.2. The molecular weight excluding hydrogens is 448 g/mol. The van der Waals surface area contributed by atoms with Gasteiger partial charge in [-0.25, -0.2) is 9.19 Å². The molecule has 0 amide bonds. The van der Waals surface area contributed by atoms with Gasteiger partial charge < -0.3 is 0 Å². The third-order valence-corrected chi connectivity index (χ3v) is 6.89. The molecule has 0 spiro atoms. The molecule has 1 aliphatic heterocycles. The second-order valence-electron chi connectivity index (χ2n) is 6.76. The molecule has 1 saturated heterocycles. The van der Waals surface area contributed by atoms with Crippen LogP contribution in [-0.4, -0.2) is 29.5 Å². The fourth-order valence-electron chi connectivity index (χ4n) is 4.01. The Hall–Kier alpha value is -0.890. The lowest BCUT2D eigenvalue weighted by Crippen LogP contribution is -2.32. The van der Waals surface area contributed by atoms with Crippen LogP contribution in [0.4, 0.5) is 0 Å². The average molecular weight is 468 g/mol. The summed E-state index contributed by atoms with van der Waals surface area (Å²) in [6.45, 7) is 1.91. The number of rotatable bonds is 4. The molecule has 0 saturated carbocycles. The zero-order valence-electron chi connectivity index (χ0n) is 14.9. The van der Waals surface area contributed by atoms with Gasteiger partial charge in [-0.15, -0.1) is 4.33 Å². The lowest BCUT2D eigenvalue weighted by Gasteiger charge is -2.35. The highest BCUT2D eigenvalue weighted by molar-refractivity contribution is 9.15. The maximum Gasteiger partial charge on any atom is 0.121 e. The number of aromatic nitrogens is 1. The molecule has 1 aliphatic carbocycles. The summed E-state index contributed by atoms with van der Waals surface area (Å²) < 4.78 is 8.27. The van der Waals surface area contributed by atoms with Crippen LogP contribution in [0.5, 0.6) is 0 Å². The predicted octanol–water partition coefficient (Wildman–Crippen LogP) is 5.93. The summed E-state index contributed by atoms with van der Waals surface area (Å²) in [6.07, 6.45) is 6.20.